The summed E-state index contributed by atoms with van der Waals surface area (Å²) in [5.74, 6) is 2.35. The lowest BCUT2D eigenvalue weighted by Gasteiger charge is -2.07. The maximum atomic E-state index is 3.58. The van der Waals surface area contributed by atoms with Gasteiger partial charge < -0.3 is 5.32 Å². The van der Waals surface area contributed by atoms with Gasteiger partial charge in [-0.3, -0.25) is 0 Å². The molecule has 0 heterocycles. The molecule has 110 valence electrons. The van der Waals surface area contributed by atoms with Crippen LogP contribution in [0.3, 0.4) is 0 Å². The van der Waals surface area contributed by atoms with Gasteiger partial charge in [0, 0.05) is 0 Å². The molecule has 2 atom stereocenters. The summed E-state index contributed by atoms with van der Waals surface area (Å²) in [5, 5.41) is 3.58. The second kappa shape index (κ2) is 6.44. The lowest BCUT2D eigenvalue weighted by atomic mass is 10.0. The van der Waals surface area contributed by atoms with Crippen LogP contribution in [-0.2, 0) is 0 Å². The third-order valence-electron chi connectivity index (χ3n) is 4.33. The van der Waals surface area contributed by atoms with Crippen LogP contribution in [0.25, 0.3) is 11.1 Å². The molecule has 1 N–H and O–H groups in total. The van der Waals surface area contributed by atoms with Crippen molar-refractivity contribution in [3.63, 3.8) is 0 Å². The third kappa shape index (κ3) is 3.74. The Bertz CT molecular complexity index is 556. The fraction of sp³-hybridized carbons (Fsp3) is 0.400. The molecule has 0 bridgehead atoms. The molecule has 0 amide bonds. The van der Waals surface area contributed by atoms with Crippen molar-refractivity contribution in [2.75, 3.05) is 13.1 Å². The quantitative estimate of drug-likeness (QED) is 0.808. The van der Waals surface area contributed by atoms with E-state index in [0.29, 0.717) is 0 Å². The van der Waals surface area contributed by atoms with E-state index >= 15 is 0 Å². The molecule has 0 spiro atoms. The molecule has 2 aromatic carbocycles. The van der Waals surface area contributed by atoms with E-state index in [1.165, 1.54) is 29.7 Å². The van der Waals surface area contributed by atoms with Gasteiger partial charge in [0.05, 0.1) is 0 Å². The Hall–Kier alpha value is -1.60. The molecule has 0 saturated heterocycles. The third-order valence-corrected chi connectivity index (χ3v) is 4.33. The van der Waals surface area contributed by atoms with Crippen molar-refractivity contribution in [1.82, 2.24) is 5.32 Å². The van der Waals surface area contributed by atoms with E-state index in [9.17, 15) is 0 Å². The minimum Gasteiger partial charge on any atom is -0.316 e. The lowest BCUT2D eigenvalue weighted by molar-refractivity contribution is 0.532. The molecule has 21 heavy (non-hydrogen) atoms. The molecule has 1 fully saturated rings. The predicted molar refractivity (Wildman–Crippen MR) is 90.4 cm³/mol. The highest BCUT2D eigenvalue weighted by atomic mass is 14.9. The zero-order valence-corrected chi connectivity index (χ0v) is 13.0. The van der Waals surface area contributed by atoms with Crippen LogP contribution in [0.4, 0.5) is 0 Å². The van der Waals surface area contributed by atoms with Gasteiger partial charge in [-0.2, -0.15) is 0 Å². The van der Waals surface area contributed by atoms with E-state index in [4.69, 9.17) is 0 Å². The van der Waals surface area contributed by atoms with Gasteiger partial charge in [-0.05, 0) is 54.0 Å². The Labute approximate surface area is 128 Å². The summed E-state index contributed by atoms with van der Waals surface area (Å²) in [7, 11) is 0. The van der Waals surface area contributed by atoms with E-state index in [0.717, 1.165) is 24.3 Å². The van der Waals surface area contributed by atoms with Crippen LogP contribution in [0.1, 0.15) is 31.7 Å². The highest BCUT2D eigenvalue weighted by Gasteiger charge is 2.37. The molecule has 0 aliphatic heterocycles. The Morgan fingerprint density at radius 3 is 2.29 bits per heavy atom. The zero-order valence-electron chi connectivity index (χ0n) is 13.0. The molecule has 1 nitrogen and oxygen atoms in total. The smallest absolute Gasteiger partial charge is 0.00143 e. The normalized spacial score (nSPS) is 20.7. The van der Waals surface area contributed by atoms with Crippen molar-refractivity contribution in [2.45, 2.75) is 26.2 Å². The highest BCUT2D eigenvalue weighted by Crippen LogP contribution is 2.47. The Morgan fingerprint density at radius 2 is 1.62 bits per heavy atom. The van der Waals surface area contributed by atoms with Crippen molar-refractivity contribution in [3.8, 4) is 11.1 Å². The first-order chi connectivity index (χ1) is 10.2. The van der Waals surface area contributed by atoms with Gasteiger partial charge in [0.2, 0.25) is 0 Å². The van der Waals surface area contributed by atoms with Gasteiger partial charge in [0.25, 0.3) is 0 Å². The fourth-order valence-corrected chi connectivity index (χ4v) is 2.99. The summed E-state index contributed by atoms with van der Waals surface area (Å²) in [4.78, 5) is 0. The maximum absolute atomic E-state index is 3.58. The molecule has 1 saturated carbocycles. The average Bonchev–Trinajstić information content (AvgIpc) is 3.28. The summed E-state index contributed by atoms with van der Waals surface area (Å²) in [6.45, 7) is 6.83. The monoisotopic (exact) mass is 279 g/mol. The topological polar surface area (TPSA) is 12.0 Å². The van der Waals surface area contributed by atoms with Crippen LogP contribution in [0, 0.1) is 11.8 Å². The average molecular weight is 279 g/mol. The second-order valence-corrected chi connectivity index (χ2v) is 6.64. The summed E-state index contributed by atoms with van der Waals surface area (Å²) in [6, 6.07) is 19.8. The van der Waals surface area contributed by atoms with E-state index in [-0.39, 0.29) is 0 Å². The first-order valence-corrected chi connectivity index (χ1v) is 8.10. The number of rotatable bonds is 6. The van der Waals surface area contributed by atoms with Crippen LogP contribution >= 0.6 is 0 Å². The first-order valence-electron chi connectivity index (χ1n) is 8.10. The van der Waals surface area contributed by atoms with E-state index in [2.05, 4.69) is 73.8 Å². The molecular formula is C20H25N. The predicted octanol–water partition coefficient (Wildman–Crippen LogP) is 4.70. The fourth-order valence-electron chi connectivity index (χ4n) is 2.99. The van der Waals surface area contributed by atoms with E-state index < -0.39 is 0 Å². The number of hydrogen-bond acceptors (Lipinski definition) is 1. The summed E-state index contributed by atoms with van der Waals surface area (Å²) in [6.07, 6.45) is 1.34. The molecule has 3 rings (SSSR count). The largest absolute Gasteiger partial charge is 0.316 e. The first kappa shape index (κ1) is 14.3. The minimum atomic E-state index is 0.743. The zero-order chi connectivity index (χ0) is 14.7. The molecule has 2 aromatic rings. The summed E-state index contributed by atoms with van der Waals surface area (Å²) in [5.41, 5.74) is 4.12. The maximum Gasteiger partial charge on any atom is -0.00143 e. The minimum absolute atomic E-state index is 0.743. The lowest BCUT2D eigenvalue weighted by Crippen LogP contribution is -2.22. The Balaban J connectivity index is 1.56. The van der Waals surface area contributed by atoms with Crippen molar-refractivity contribution in [3.05, 3.63) is 60.2 Å². The SMILES string of the molecule is CC(C)CNCC1CC1c1ccc(-c2ccccc2)cc1. The molecule has 2 unspecified atom stereocenters. The van der Waals surface area contributed by atoms with Gasteiger partial charge in [0.15, 0.2) is 0 Å². The van der Waals surface area contributed by atoms with Crippen LogP contribution < -0.4 is 5.32 Å². The summed E-state index contributed by atoms with van der Waals surface area (Å²) >= 11 is 0. The van der Waals surface area contributed by atoms with Gasteiger partial charge in [-0.15, -0.1) is 0 Å². The second-order valence-electron chi connectivity index (χ2n) is 6.64. The molecule has 1 aliphatic carbocycles. The van der Waals surface area contributed by atoms with Crippen LogP contribution in [-0.4, -0.2) is 13.1 Å². The van der Waals surface area contributed by atoms with E-state index in [1.807, 2.05) is 0 Å². The standard InChI is InChI=1S/C20H25N/c1-15(2)13-21-14-19-12-20(19)18-10-8-17(9-11-18)16-6-4-3-5-7-16/h3-11,15,19-21H,12-14H2,1-2H3. The molecule has 1 heteroatoms. The highest BCUT2D eigenvalue weighted by molar-refractivity contribution is 5.63. The number of hydrogen-bond donors (Lipinski definition) is 1. The van der Waals surface area contributed by atoms with Gasteiger partial charge in [0.1, 0.15) is 0 Å². The van der Waals surface area contributed by atoms with Crippen molar-refractivity contribution in [1.29, 1.82) is 0 Å². The van der Waals surface area contributed by atoms with Crippen molar-refractivity contribution in [2.24, 2.45) is 11.8 Å². The van der Waals surface area contributed by atoms with Gasteiger partial charge in [-0.25, -0.2) is 0 Å². The molecule has 0 aromatic heterocycles. The molecule has 1 aliphatic rings. The molecular weight excluding hydrogens is 254 g/mol. The Kier molecular flexibility index (Phi) is 4.40. The van der Waals surface area contributed by atoms with E-state index in [1.54, 1.807) is 0 Å². The van der Waals surface area contributed by atoms with Crippen LogP contribution in [0.2, 0.25) is 0 Å². The van der Waals surface area contributed by atoms with Gasteiger partial charge in [-0.1, -0.05) is 68.4 Å². The van der Waals surface area contributed by atoms with Crippen LogP contribution in [0.15, 0.2) is 54.6 Å². The van der Waals surface area contributed by atoms with Crippen molar-refractivity contribution >= 4 is 0 Å². The van der Waals surface area contributed by atoms with Crippen molar-refractivity contribution < 1.29 is 0 Å². The summed E-state index contributed by atoms with van der Waals surface area (Å²) < 4.78 is 0. The Morgan fingerprint density at radius 1 is 0.952 bits per heavy atom. The van der Waals surface area contributed by atoms with Crippen LogP contribution in [0.5, 0.6) is 0 Å². The van der Waals surface area contributed by atoms with Gasteiger partial charge >= 0.3 is 0 Å². The number of nitrogens with one attached hydrogen (secondary N) is 1. The molecule has 0 radical (unpaired) electrons. The number of benzene rings is 2.